The van der Waals surface area contributed by atoms with Crippen molar-refractivity contribution in [3.63, 3.8) is 0 Å². The number of nitrogens with zero attached hydrogens (tertiary/aromatic N) is 1. The molecule has 0 amide bonds. The Morgan fingerprint density at radius 3 is 1.78 bits per heavy atom. The lowest BCUT2D eigenvalue weighted by Gasteiger charge is -2.26. The number of rotatable bonds is 6. The molecule has 0 saturated heterocycles. The Bertz CT molecular complexity index is 3190. The Hall–Kier alpha value is -6.94. The van der Waals surface area contributed by atoms with Crippen molar-refractivity contribution in [2.75, 3.05) is 4.90 Å². The van der Waals surface area contributed by atoms with Crippen LogP contribution < -0.4 is 4.90 Å². The van der Waals surface area contributed by atoms with E-state index in [2.05, 4.69) is 205 Å². The quantitative estimate of drug-likeness (QED) is 0.170. The number of hydrogen-bond acceptors (Lipinski definition) is 3. The molecule has 11 rings (SSSR count). The van der Waals surface area contributed by atoms with Gasteiger partial charge in [-0.05, 0) is 81.7 Å². The van der Waals surface area contributed by atoms with Gasteiger partial charge < -0.3 is 9.32 Å². The average Bonchev–Trinajstić information content (AvgIpc) is 3.84. The maximum absolute atomic E-state index is 6.89. The minimum absolute atomic E-state index is 0.911. The molecular formula is C52H33NOS. The molecule has 0 fully saturated rings. The zero-order chi connectivity index (χ0) is 36.3. The fourth-order valence-corrected chi connectivity index (χ4v) is 9.49. The van der Waals surface area contributed by atoms with Gasteiger partial charge >= 0.3 is 0 Å². The van der Waals surface area contributed by atoms with Gasteiger partial charge in [0.05, 0.1) is 10.4 Å². The molecule has 55 heavy (non-hydrogen) atoms. The molecule has 0 aliphatic heterocycles. The number of benzene rings is 9. The number of anilines is 3. The van der Waals surface area contributed by atoms with Gasteiger partial charge in [-0.25, -0.2) is 0 Å². The monoisotopic (exact) mass is 719 g/mol. The Kier molecular flexibility index (Phi) is 7.39. The largest absolute Gasteiger partial charge is 0.455 e. The number of thiophene rings is 1. The third-order valence-electron chi connectivity index (χ3n) is 10.9. The third kappa shape index (κ3) is 5.24. The Labute approximate surface area is 322 Å². The molecule has 3 heteroatoms. The lowest BCUT2D eigenvalue weighted by Crippen LogP contribution is -2.09. The first-order chi connectivity index (χ1) is 27.3. The van der Waals surface area contributed by atoms with E-state index in [9.17, 15) is 0 Å². The fraction of sp³-hybridized carbons (Fsp3) is 0. The lowest BCUT2D eigenvalue weighted by molar-refractivity contribution is 0.674. The molecule has 0 atom stereocenters. The highest BCUT2D eigenvalue weighted by molar-refractivity contribution is 7.26. The summed E-state index contributed by atoms with van der Waals surface area (Å²) in [5, 5.41) is 7.11. The second-order valence-electron chi connectivity index (χ2n) is 14.0. The highest BCUT2D eigenvalue weighted by Gasteiger charge is 2.20. The zero-order valence-electron chi connectivity index (χ0n) is 29.8. The molecule has 2 nitrogen and oxygen atoms in total. The molecular weight excluding hydrogens is 687 g/mol. The van der Waals surface area contributed by atoms with Crippen molar-refractivity contribution < 1.29 is 4.42 Å². The highest BCUT2D eigenvalue weighted by Crippen LogP contribution is 2.46. The smallest absolute Gasteiger partial charge is 0.143 e. The van der Waals surface area contributed by atoms with Crippen molar-refractivity contribution in [2.24, 2.45) is 0 Å². The van der Waals surface area contributed by atoms with Crippen LogP contribution in [0.15, 0.2) is 205 Å². The fourth-order valence-electron chi connectivity index (χ4n) is 8.29. The van der Waals surface area contributed by atoms with Crippen molar-refractivity contribution >= 4 is 81.3 Å². The summed E-state index contributed by atoms with van der Waals surface area (Å²) in [7, 11) is 0. The highest BCUT2D eigenvalue weighted by atomic mass is 32.1. The van der Waals surface area contributed by atoms with Crippen LogP contribution in [0.4, 0.5) is 17.1 Å². The molecule has 0 bridgehead atoms. The van der Waals surface area contributed by atoms with E-state index < -0.39 is 0 Å². The maximum atomic E-state index is 6.89. The van der Waals surface area contributed by atoms with Crippen LogP contribution in [-0.2, 0) is 0 Å². The number of furan rings is 1. The van der Waals surface area contributed by atoms with Crippen molar-refractivity contribution in [1.29, 1.82) is 0 Å². The number of hydrogen-bond donors (Lipinski definition) is 0. The minimum Gasteiger partial charge on any atom is -0.455 e. The van der Waals surface area contributed by atoms with Crippen molar-refractivity contribution in [1.82, 2.24) is 0 Å². The van der Waals surface area contributed by atoms with Crippen LogP contribution in [0.2, 0.25) is 0 Å². The van der Waals surface area contributed by atoms with Crippen LogP contribution in [0.1, 0.15) is 0 Å². The van der Waals surface area contributed by atoms with E-state index in [0.717, 1.165) is 55.4 Å². The van der Waals surface area contributed by atoms with Crippen LogP contribution in [-0.4, -0.2) is 0 Å². The predicted octanol–water partition coefficient (Wildman–Crippen LogP) is 15.6. The van der Waals surface area contributed by atoms with Gasteiger partial charge in [-0.3, -0.25) is 0 Å². The molecule has 11 aromatic rings. The molecule has 0 N–H and O–H groups in total. The summed E-state index contributed by atoms with van der Waals surface area (Å²) in [5.74, 6) is 0. The summed E-state index contributed by atoms with van der Waals surface area (Å²) in [6.45, 7) is 0. The van der Waals surface area contributed by atoms with Gasteiger partial charge in [0.2, 0.25) is 0 Å². The van der Waals surface area contributed by atoms with E-state index in [1.807, 2.05) is 11.3 Å². The second kappa shape index (κ2) is 12.9. The summed E-state index contributed by atoms with van der Waals surface area (Å²) in [6, 6.07) is 71.9. The summed E-state index contributed by atoms with van der Waals surface area (Å²) in [4.78, 5) is 2.39. The van der Waals surface area contributed by atoms with Crippen LogP contribution in [0.5, 0.6) is 0 Å². The predicted molar refractivity (Wildman–Crippen MR) is 235 cm³/mol. The molecule has 9 aromatic carbocycles. The standard InChI is InChI=1S/C52H33NOS/c1-3-14-34(15-4-1)36-16-11-17-37(32-36)40-23-12-24-44-47-33-46(41-20-7-8-22-43(41)51(47)54-50(40)44)35-28-30-39(31-29-35)53(38-18-5-2-6-19-38)48-26-13-25-45-42-21-9-10-27-49(42)55-52(45)48/h1-33H. The summed E-state index contributed by atoms with van der Waals surface area (Å²) in [5.41, 5.74) is 12.2. The van der Waals surface area contributed by atoms with Crippen LogP contribution in [0.3, 0.4) is 0 Å². The van der Waals surface area contributed by atoms with E-state index >= 15 is 0 Å². The van der Waals surface area contributed by atoms with Crippen molar-refractivity contribution in [3.8, 4) is 33.4 Å². The first-order valence-corrected chi connectivity index (χ1v) is 19.5. The summed E-state index contributed by atoms with van der Waals surface area (Å²) >= 11 is 1.86. The van der Waals surface area contributed by atoms with E-state index in [1.54, 1.807) is 0 Å². The first-order valence-electron chi connectivity index (χ1n) is 18.7. The summed E-state index contributed by atoms with van der Waals surface area (Å²) in [6.07, 6.45) is 0. The van der Waals surface area contributed by atoms with Crippen molar-refractivity contribution in [2.45, 2.75) is 0 Å². The zero-order valence-corrected chi connectivity index (χ0v) is 30.6. The molecule has 2 aromatic heterocycles. The van der Waals surface area contributed by atoms with Crippen molar-refractivity contribution in [3.05, 3.63) is 200 Å². The molecule has 2 heterocycles. The van der Waals surface area contributed by atoms with E-state index in [-0.39, 0.29) is 0 Å². The van der Waals surface area contributed by atoms with Gasteiger partial charge in [-0.1, -0.05) is 152 Å². The number of fused-ring (bicyclic) bond motifs is 8. The average molecular weight is 720 g/mol. The van der Waals surface area contributed by atoms with Gasteiger partial charge in [0, 0.05) is 48.6 Å². The molecule has 258 valence electrons. The Morgan fingerprint density at radius 2 is 0.945 bits per heavy atom. The van der Waals surface area contributed by atoms with Gasteiger partial charge in [-0.15, -0.1) is 11.3 Å². The molecule has 0 radical (unpaired) electrons. The van der Waals surface area contributed by atoms with Gasteiger partial charge in [0.1, 0.15) is 11.2 Å². The minimum atomic E-state index is 0.911. The maximum Gasteiger partial charge on any atom is 0.143 e. The van der Waals surface area contributed by atoms with Gasteiger partial charge in [0.25, 0.3) is 0 Å². The number of para-hydroxylation sites is 2. The molecule has 0 spiro atoms. The molecule has 0 aliphatic carbocycles. The Morgan fingerprint density at radius 1 is 0.345 bits per heavy atom. The van der Waals surface area contributed by atoms with E-state index in [4.69, 9.17) is 4.42 Å². The van der Waals surface area contributed by atoms with Gasteiger partial charge in [-0.2, -0.15) is 0 Å². The third-order valence-corrected chi connectivity index (χ3v) is 12.1. The lowest BCUT2D eigenvalue weighted by atomic mass is 9.94. The van der Waals surface area contributed by atoms with E-state index in [1.165, 1.54) is 47.9 Å². The second-order valence-corrected chi connectivity index (χ2v) is 15.1. The molecule has 0 unspecified atom stereocenters. The normalized spacial score (nSPS) is 11.6. The topological polar surface area (TPSA) is 16.4 Å². The SMILES string of the molecule is c1ccc(-c2cccc(-c3cccc4c3oc3c5ccccc5c(-c5ccc(N(c6ccccc6)c6cccc7c6sc6ccccc67)cc5)cc43)c2)cc1. The summed E-state index contributed by atoms with van der Waals surface area (Å²) < 4.78 is 9.47. The first kappa shape index (κ1) is 31.6. The molecule has 0 saturated carbocycles. The van der Waals surface area contributed by atoms with Gasteiger partial charge in [0.15, 0.2) is 0 Å². The van der Waals surface area contributed by atoms with Crippen LogP contribution in [0, 0.1) is 0 Å². The van der Waals surface area contributed by atoms with Crippen LogP contribution >= 0.6 is 11.3 Å². The Balaban J connectivity index is 1.05. The van der Waals surface area contributed by atoms with Crippen LogP contribution in [0.25, 0.3) is 86.3 Å². The van der Waals surface area contributed by atoms with E-state index in [0.29, 0.717) is 0 Å². The molecule has 0 aliphatic rings.